The number of carbonyl (C=O) groups excluding carboxylic acids is 2. The van der Waals surface area contributed by atoms with Gasteiger partial charge in [-0.3, -0.25) is 14.6 Å². The number of benzene rings is 1. The number of nitrogens with zero attached hydrogens (tertiary/aromatic N) is 2. The van der Waals surface area contributed by atoms with Crippen molar-refractivity contribution in [3.63, 3.8) is 0 Å². The second-order valence-electron chi connectivity index (χ2n) is 8.31. The lowest BCUT2D eigenvalue weighted by atomic mass is 9.91. The number of amides is 2. The highest BCUT2D eigenvalue weighted by molar-refractivity contribution is 7.81. The Labute approximate surface area is 184 Å². The van der Waals surface area contributed by atoms with Crippen LogP contribution < -0.4 is 5.32 Å². The first-order chi connectivity index (χ1) is 14.5. The van der Waals surface area contributed by atoms with Gasteiger partial charge in [0.05, 0.1) is 5.25 Å². The monoisotopic (exact) mass is 425 g/mol. The molecular weight excluding hydrogens is 394 g/mol. The number of rotatable bonds is 8. The van der Waals surface area contributed by atoms with Gasteiger partial charge >= 0.3 is 0 Å². The predicted octanol–water partition coefficient (Wildman–Crippen LogP) is 3.15. The molecule has 0 saturated carbocycles. The SMILES string of the molecule is CC(C)C(S)C(=O)N1CCC(Cc2ccccc2)C1C(=O)NCCc1cccnc1. The van der Waals surface area contributed by atoms with Crippen molar-refractivity contribution in [1.29, 1.82) is 0 Å². The van der Waals surface area contributed by atoms with Gasteiger partial charge in [0.2, 0.25) is 11.8 Å². The van der Waals surface area contributed by atoms with Crippen molar-refractivity contribution in [2.45, 2.75) is 44.4 Å². The van der Waals surface area contributed by atoms with Gasteiger partial charge in [0, 0.05) is 25.5 Å². The Morgan fingerprint density at radius 2 is 1.90 bits per heavy atom. The molecule has 30 heavy (non-hydrogen) atoms. The van der Waals surface area contributed by atoms with Gasteiger partial charge in [0.15, 0.2) is 0 Å². The minimum Gasteiger partial charge on any atom is -0.354 e. The zero-order valence-electron chi connectivity index (χ0n) is 17.7. The van der Waals surface area contributed by atoms with Gasteiger partial charge < -0.3 is 10.2 Å². The maximum Gasteiger partial charge on any atom is 0.243 e. The number of nitrogens with one attached hydrogen (secondary N) is 1. The number of hydrogen-bond donors (Lipinski definition) is 2. The van der Waals surface area contributed by atoms with Gasteiger partial charge in [-0.15, -0.1) is 0 Å². The molecule has 1 aromatic carbocycles. The number of pyridine rings is 1. The molecular formula is C24H31N3O2S. The largest absolute Gasteiger partial charge is 0.354 e. The summed E-state index contributed by atoms with van der Waals surface area (Å²) in [6.45, 7) is 5.09. The Balaban J connectivity index is 1.71. The van der Waals surface area contributed by atoms with E-state index < -0.39 is 11.3 Å². The highest BCUT2D eigenvalue weighted by Crippen LogP contribution is 2.30. The van der Waals surface area contributed by atoms with Crippen LogP contribution in [-0.4, -0.2) is 46.1 Å². The summed E-state index contributed by atoms with van der Waals surface area (Å²) in [5.41, 5.74) is 2.27. The summed E-state index contributed by atoms with van der Waals surface area (Å²) < 4.78 is 0. The average molecular weight is 426 g/mol. The van der Waals surface area contributed by atoms with Crippen LogP contribution in [0.15, 0.2) is 54.9 Å². The zero-order valence-corrected chi connectivity index (χ0v) is 18.6. The highest BCUT2D eigenvalue weighted by Gasteiger charge is 2.43. The Morgan fingerprint density at radius 3 is 2.57 bits per heavy atom. The molecule has 160 valence electrons. The molecule has 0 bridgehead atoms. The molecule has 0 radical (unpaired) electrons. The van der Waals surface area contributed by atoms with Gasteiger partial charge in [0.25, 0.3) is 0 Å². The average Bonchev–Trinajstić information content (AvgIpc) is 3.17. The van der Waals surface area contributed by atoms with Crippen LogP contribution in [0.1, 0.15) is 31.4 Å². The molecule has 5 nitrogen and oxygen atoms in total. The summed E-state index contributed by atoms with van der Waals surface area (Å²) in [5, 5.41) is 2.66. The lowest BCUT2D eigenvalue weighted by Crippen LogP contribution is -2.51. The van der Waals surface area contributed by atoms with E-state index >= 15 is 0 Å². The Bertz CT molecular complexity index is 829. The smallest absolute Gasteiger partial charge is 0.243 e. The summed E-state index contributed by atoms with van der Waals surface area (Å²) in [4.78, 5) is 32.1. The van der Waals surface area contributed by atoms with E-state index in [1.165, 1.54) is 5.56 Å². The van der Waals surface area contributed by atoms with Crippen molar-refractivity contribution in [1.82, 2.24) is 15.2 Å². The third-order valence-corrected chi connectivity index (χ3v) is 6.55. The van der Waals surface area contributed by atoms with Crippen LogP contribution in [0.3, 0.4) is 0 Å². The fraction of sp³-hybridized carbons (Fsp3) is 0.458. The van der Waals surface area contributed by atoms with Gasteiger partial charge in [-0.1, -0.05) is 50.2 Å². The number of carbonyl (C=O) groups is 2. The van der Waals surface area contributed by atoms with Crippen LogP contribution >= 0.6 is 12.6 Å². The van der Waals surface area contributed by atoms with Crippen LogP contribution in [-0.2, 0) is 22.4 Å². The summed E-state index contributed by atoms with van der Waals surface area (Å²) in [7, 11) is 0. The summed E-state index contributed by atoms with van der Waals surface area (Å²) in [6, 6.07) is 13.6. The van der Waals surface area contributed by atoms with Crippen molar-refractivity contribution in [2.24, 2.45) is 11.8 Å². The van der Waals surface area contributed by atoms with Crippen LogP contribution in [0.4, 0.5) is 0 Å². The van der Waals surface area contributed by atoms with Gasteiger partial charge in [-0.25, -0.2) is 0 Å². The lowest BCUT2D eigenvalue weighted by Gasteiger charge is -2.30. The van der Waals surface area contributed by atoms with E-state index in [1.807, 2.05) is 50.4 Å². The summed E-state index contributed by atoms with van der Waals surface area (Å²) >= 11 is 4.52. The number of likely N-dealkylation sites (tertiary alicyclic amines) is 1. The van der Waals surface area contributed by atoms with E-state index in [9.17, 15) is 9.59 Å². The van der Waals surface area contributed by atoms with E-state index in [2.05, 4.69) is 35.1 Å². The Kier molecular flexibility index (Phi) is 7.91. The first-order valence-corrected chi connectivity index (χ1v) is 11.2. The van der Waals surface area contributed by atoms with Crippen molar-refractivity contribution in [3.8, 4) is 0 Å². The number of aromatic nitrogens is 1. The second kappa shape index (κ2) is 10.6. The molecule has 1 saturated heterocycles. The molecule has 6 heteroatoms. The standard InChI is InChI=1S/C24H31N3O2S/c1-17(2)22(30)24(29)27-14-11-20(15-18-7-4-3-5-8-18)21(27)23(28)26-13-10-19-9-6-12-25-16-19/h3-9,12,16-17,20-22,30H,10-11,13-15H2,1-2H3,(H,26,28). The maximum atomic E-state index is 13.2. The molecule has 3 unspecified atom stereocenters. The minimum absolute atomic E-state index is 0.0451. The fourth-order valence-corrected chi connectivity index (χ4v) is 4.17. The van der Waals surface area contributed by atoms with E-state index in [4.69, 9.17) is 0 Å². The van der Waals surface area contributed by atoms with E-state index in [-0.39, 0.29) is 23.7 Å². The second-order valence-corrected chi connectivity index (χ2v) is 8.86. The van der Waals surface area contributed by atoms with Crippen molar-refractivity contribution in [3.05, 3.63) is 66.0 Å². The molecule has 1 aliphatic rings. The predicted molar refractivity (Wildman–Crippen MR) is 122 cm³/mol. The quantitative estimate of drug-likeness (QED) is 0.639. The van der Waals surface area contributed by atoms with Crippen LogP contribution in [0.2, 0.25) is 0 Å². The molecule has 1 N–H and O–H groups in total. The molecule has 0 spiro atoms. The molecule has 3 atom stereocenters. The number of hydrogen-bond acceptors (Lipinski definition) is 4. The molecule has 1 aliphatic heterocycles. The van der Waals surface area contributed by atoms with Crippen LogP contribution in [0, 0.1) is 11.8 Å². The van der Waals surface area contributed by atoms with E-state index in [1.54, 1.807) is 11.1 Å². The summed E-state index contributed by atoms with van der Waals surface area (Å²) in [5.74, 6) is 0.0944. The van der Waals surface area contributed by atoms with Gasteiger partial charge in [-0.2, -0.15) is 12.6 Å². The van der Waals surface area contributed by atoms with Crippen molar-refractivity contribution in [2.75, 3.05) is 13.1 Å². The highest BCUT2D eigenvalue weighted by atomic mass is 32.1. The van der Waals surface area contributed by atoms with E-state index in [0.717, 1.165) is 18.4 Å². The number of thiol groups is 1. The Hall–Kier alpha value is -2.34. The topological polar surface area (TPSA) is 62.3 Å². The fourth-order valence-electron chi connectivity index (χ4n) is 4.03. The molecule has 1 fully saturated rings. The van der Waals surface area contributed by atoms with Crippen molar-refractivity contribution < 1.29 is 9.59 Å². The van der Waals surface area contributed by atoms with Crippen LogP contribution in [0.5, 0.6) is 0 Å². The molecule has 2 aromatic rings. The first kappa shape index (κ1) is 22.3. The van der Waals surface area contributed by atoms with Crippen LogP contribution in [0.25, 0.3) is 0 Å². The molecule has 1 aromatic heterocycles. The third-order valence-electron chi connectivity index (χ3n) is 5.74. The summed E-state index contributed by atoms with van der Waals surface area (Å²) in [6.07, 6.45) is 5.86. The molecule has 0 aliphatic carbocycles. The molecule has 3 rings (SSSR count). The maximum absolute atomic E-state index is 13.2. The molecule has 2 heterocycles. The Morgan fingerprint density at radius 1 is 1.17 bits per heavy atom. The lowest BCUT2D eigenvalue weighted by molar-refractivity contribution is -0.139. The molecule has 2 amide bonds. The minimum atomic E-state index is -0.458. The first-order valence-electron chi connectivity index (χ1n) is 10.7. The van der Waals surface area contributed by atoms with Crippen molar-refractivity contribution >= 4 is 24.4 Å². The van der Waals surface area contributed by atoms with Gasteiger partial charge in [-0.05, 0) is 48.3 Å². The normalized spacial score (nSPS) is 19.7. The van der Waals surface area contributed by atoms with E-state index in [0.29, 0.717) is 19.5 Å². The van der Waals surface area contributed by atoms with Gasteiger partial charge in [0.1, 0.15) is 6.04 Å². The zero-order chi connectivity index (χ0) is 21.5. The third kappa shape index (κ3) is 5.63.